The first-order chi connectivity index (χ1) is 13.1. The van der Waals surface area contributed by atoms with Crippen LogP contribution in [0.2, 0.25) is 0 Å². The molecule has 1 heterocycles. The van der Waals surface area contributed by atoms with E-state index >= 15 is 0 Å². The number of para-hydroxylation sites is 2. The fourth-order valence-electron chi connectivity index (χ4n) is 3.08. The number of carbonyl (C=O) groups excluding carboxylic acids is 2. The minimum absolute atomic E-state index is 0.105. The van der Waals surface area contributed by atoms with Gasteiger partial charge in [-0.3, -0.25) is 9.59 Å². The van der Waals surface area contributed by atoms with Crippen LogP contribution in [0.4, 0.5) is 5.69 Å². The van der Waals surface area contributed by atoms with Gasteiger partial charge >= 0.3 is 0 Å². The molecule has 1 fully saturated rings. The highest BCUT2D eigenvalue weighted by Crippen LogP contribution is 2.26. The van der Waals surface area contributed by atoms with E-state index < -0.39 is 0 Å². The second-order valence-corrected chi connectivity index (χ2v) is 6.43. The smallest absolute Gasteiger partial charge is 0.253 e. The van der Waals surface area contributed by atoms with Gasteiger partial charge in [0.1, 0.15) is 6.61 Å². The summed E-state index contributed by atoms with van der Waals surface area (Å²) in [6.45, 7) is 1.50. The minimum Gasteiger partial charge on any atom is -0.493 e. The Morgan fingerprint density at radius 3 is 2.63 bits per heavy atom. The van der Waals surface area contributed by atoms with Crippen LogP contribution in [0, 0.1) is 0 Å². The quantitative estimate of drug-likeness (QED) is 0.754. The highest BCUT2D eigenvalue weighted by atomic mass is 16.5. The molecule has 2 amide bonds. The Balaban J connectivity index is 1.59. The molecule has 3 rings (SSSR count). The van der Waals surface area contributed by atoms with Crippen molar-refractivity contribution < 1.29 is 19.1 Å². The van der Waals surface area contributed by atoms with E-state index in [-0.39, 0.29) is 11.8 Å². The number of likely N-dealkylation sites (N-methyl/N-ethyl adjacent to an activating group) is 1. The van der Waals surface area contributed by atoms with Gasteiger partial charge in [0.25, 0.3) is 5.91 Å². The Morgan fingerprint density at radius 1 is 1.15 bits per heavy atom. The van der Waals surface area contributed by atoms with Gasteiger partial charge in [0.2, 0.25) is 5.91 Å². The zero-order chi connectivity index (χ0) is 19.2. The maximum absolute atomic E-state index is 12.7. The van der Waals surface area contributed by atoms with Crippen LogP contribution in [-0.2, 0) is 4.79 Å². The zero-order valence-corrected chi connectivity index (χ0v) is 15.7. The molecule has 0 aliphatic carbocycles. The fourth-order valence-corrected chi connectivity index (χ4v) is 3.08. The Labute approximate surface area is 159 Å². The van der Waals surface area contributed by atoms with Crippen LogP contribution < -0.4 is 14.4 Å². The molecule has 1 aliphatic rings. The molecule has 2 aromatic carbocycles. The van der Waals surface area contributed by atoms with Gasteiger partial charge in [-0.15, -0.1) is 0 Å². The van der Waals surface area contributed by atoms with E-state index in [0.29, 0.717) is 43.2 Å². The van der Waals surface area contributed by atoms with Crippen molar-refractivity contribution in [2.45, 2.75) is 12.8 Å². The minimum atomic E-state index is -0.105. The molecular weight excluding hydrogens is 344 g/mol. The highest BCUT2D eigenvalue weighted by Gasteiger charge is 2.22. The van der Waals surface area contributed by atoms with Crippen LogP contribution in [0.3, 0.4) is 0 Å². The van der Waals surface area contributed by atoms with Crippen molar-refractivity contribution in [2.24, 2.45) is 0 Å². The third kappa shape index (κ3) is 4.39. The molecule has 6 nitrogen and oxygen atoms in total. The number of ether oxygens (including phenoxy) is 2. The Bertz CT molecular complexity index is 821. The lowest BCUT2D eigenvalue weighted by molar-refractivity contribution is -0.117. The molecule has 0 atom stereocenters. The third-order valence-corrected chi connectivity index (χ3v) is 4.58. The van der Waals surface area contributed by atoms with Crippen molar-refractivity contribution in [3.05, 3.63) is 54.1 Å². The standard InChI is InChI=1S/C21H24N2O4/c1-22(13-14-27-19-10-4-3-9-18(19)26-2)21(25)16-7-5-8-17(15-16)23-12-6-11-20(23)24/h3-5,7-10,15H,6,11-14H2,1-2H3. The van der Waals surface area contributed by atoms with Crippen LogP contribution in [0.15, 0.2) is 48.5 Å². The summed E-state index contributed by atoms with van der Waals surface area (Å²) in [7, 11) is 3.33. The average molecular weight is 368 g/mol. The van der Waals surface area contributed by atoms with E-state index in [9.17, 15) is 9.59 Å². The zero-order valence-electron chi connectivity index (χ0n) is 15.7. The van der Waals surface area contributed by atoms with E-state index in [1.54, 1.807) is 36.1 Å². The molecule has 0 radical (unpaired) electrons. The van der Waals surface area contributed by atoms with E-state index in [1.165, 1.54) is 0 Å². The van der Waals surface area contributed by atoms with Crippen LogP contribution in [-0.4, -0.2) is 50.6 Å². The van der Waals surface area contributed by atoms with Crippen molar-refractivity contribution in [3.63, 3.8) is 0 Å². The summed E-state index contributed by atoms with van der Waals surface area (Å²) >= 11 is 0. The van der Waals surface area contributed by atoms with Gasteiger partial charge in [0.15, 0.2) is 11.5 Å². The maximum Gasteiger partial charge on any atom is 0.253 e. The first-order valence-corrected chi connectivity index (χ1v) is 9.02. The summed E-state index contributed by atoms with van der Waals surface area (Å²) in [5.41, 5.74) is 1.34. The second kappa shape index (κ2) is 8.58. The van der Waals surface area contributed by atoms with E-state index in [1.807, 2.05) is 36.4 Å². The number of nitrogens with zero attached hydrogens (tertiary/aromatic N) is 2. The molecule has 27 heavy (non-hydrogen) atoms. The predicted octanol–water partition coefficient (Wildman–Crippen LogP) is 2.97. The molecule has 6 heteroatoms. The lowest BCUT2D eigenvalue weighted by atomic mass is 10.1. The predicted molar refractivity (Wildman–Crippen MR) is 103 cm³/mol. The molecule has 1 aliphatic heterocycles. The van der Waals surface area contributed by atoms with Crippen molar-refractivity contribution in [3.8, 4) is 11.5 Å². The van der Waals surface area contributed by atoms with Gasteiger partial charge in [0.05, 0.1) is 13.7 Å². The average Bonchev–Trinajstić information content (AvgIpc) is 3.13. The first kappa shape index (κ1) is 18.8. The molecule has 2 aromatic rings. The van der Waals surface area contributed by atoms with Crippen LogP contribution in [0.5, 0.6) is 11.5 Å². The van der Waals surface area contributed by atoms with Gasteiger partial charge in [-0.05, 0) is 36.8 Å². The molecule has 0 saturated carbocycles. The number of methoxy groups -OCH3 is 1. The summed E-state index contributed by atoms with van der Waals surface area (Å²) in [6, 6.07) is 14.6. The monoisotopic (exact) mass is 368 g/mol. The summed E-state index contributed by atoms with van der Waals surface area (Å²) in [4.78, 5) is 28.0. The van der Waals surface area contributed by atoms with Crippen molar-refractivity contribution in [1.82, 2.24) is 4.90 Å². The molecule has 1 saturated heterocycles. The van der Waals surface area contributed by atoms with E-state index in [0.717, 1.165) is 12.1 Å². The van der Waals surface area contributed by atoms with Crippen molar-refractivity contribution >= 4 is 17.5 Å². The number of benzene rings is 2. The van der Waals surface area contributed by atoms with Gasteiger partial charge in [-0.25, -0.2) is 0 Å². The largest absolute Gasteiger partial charge is 0.493 e. The summed E-state index contributed by atoms with van der Waals surface area (Å²) in [6.07, 6.45) is 1.43. The fraction of sp³-hybridized carbons (Fsp3) is 0.333. The Hall–Kier alpha value is -3.02. The van der Waals surface area contributed by atoms with Crippen LogP contribution >= 0.6 is 0 Å². The number of amides is 2. The van der Waals surface area contributed by atoms with Crippen LogP contribution in [0.25, 0.3) is 0 Å². The number of rotatable bonds is 7. The summed E-state index contributed by atoms with van der Waals surface area (Å²) in [5, 5.41) is 0. The molecule has 0 unspecified atom stereocenters. The van der Waals surface area contributed by atoms with Crippen molar-refractivity contribution in [2.75, 3.05) is 38.8 Å². The van der Waals surface area contributed by atoms with Crippen LogP contribution in [0.1, 0.15) is 23.2 Å². The van der Waals surface area contributed by atoms with Crippen molar-refractivity contribution in [1.29, 1.82) is 0 Å². The lowest BCUT2D eigenvalue weighted by Crippen LogP contribution is -2.31. The highest BCUT2D eigenvalue weighted by molar-refractivity contribution is 5.99. The summed E-state index contributed by atoms with van der Waals surface area (Å²) < 4.78 is 11.0. The first-order valence-electron chi connectivity index (χ1n) is 9.02. The molecule has 0 N–H and O–H groups in total. The molecule has 142 valence electrons. The van der Waals surface area contributed by atoms with E-state index in [2.05, 4.69) is 0 Å². The third-order valence-electron chi connectivity index (χ3n) is 4.58. The Morgan fingerprint density at radius 2 is 1.93 bits per heavy atom. The Kier molecular flexibility index (Phi) is 5.96. The number of hydrogen-bond donors (Lipinski definition) is 0. The van der Waals surface area contributed by atoms with Gasteiger partial charge in [0, 0.05) is 31.3 Å². The maximum atomic E-state index is 12.7. The molecule has 0 aromatic heterocycles. The number of hydrogen-bond acceptors (Lipinski definition) is 4. The van der Waals surface area contributed by atoms with Gasteiger partial charge < -0.3 is 19.3 Å². The summed E-state index contributed by atoms with van der Waals surface area (Å²) in [5.74, 6) is 1.31. The molecular formula is C21H24N2O4. The van der Waals surface area contributed by atoms with Gasteiger partial charge in [-0.1, -0.05) is 18.2 Å². The second-order valence-electron chi connectivity index (χ2n) is 6.43. The molecule has 0 spiro atoms. The van der Waals surface area contributed by atoms with Gasteiger partial charge in [-0.2, -0.15) is 0 Å². The number of anilines is 1. The lowest BCUT2D eigenvalue weighted by Gasteiger charge is -2.20. The number of carbonyl (C=O) groups is 2. The normalized spacial score (nSPS) is 13.6. The SMILES string of the molecule is COc1ccccc1OCCN(C)C(=O)c1cccc(N2CCCC2=O)c1. The van der Waals surface area contributed by atoms with E-state index in [4.69, 9.17) is 9.47 Å². The topological polar surface area (TPSA) is 59.1 Å². The molecule has 0 bridgehead atoms.